The summed E-state index contributed by atoms with van der Waals surface area (Å²) in [4.78, 5) is 11.5. The summed E-state index contributed by atoms with van der Waals surface area (Å²) in [5.74, 6) is 0.599. The minimum absolute atomic E-state index is 0.0476. The molecular formula is C13H18BrNO2. The summed E-state index contributed by atoms with van der Waals surface area (Å²) in [5, 5.41) is 2.85. The maximum absolute atomic E-state index is 11.5. The molecule has 0 radical (unpaired) electrons. The maximum atomic E-state index is 11.5. The van der Waals surface area contributed by atoms with Gasteiger partial charge in [-0.2, -0.15) is 0 Å². The van der Waals surface area contributed by atoms with Crippen LogP contribution in [0.5, 0.6) is 5.75 Å². The summed E-state index contributed by atoms with van der Waals surface area (Å²) in [7, 11) is 0. The molecule has 1 atom stereocenters. The van der Waals surface area contributed by atoms with Crippen LogP contribution in [0.15, 0.2) is 22.7 Å². The SMILES string of the molecule is CC[C@@H](C)NC(=O)COc1ccc(C)cc1Br. The van der Waals surface area contributed by atoms with Gasteiger partial charge in [-0.05, 0) is 53.9 Å². The second kappa shape index (κ2) is 6.64. The predicted octanol–water partition coefficient (Wildman–Crippen LogP) is 3.05. The first-order chi connectivity index (χ1) is 8.02. The summed E-state index contributed by atoms with van der Waals surface area (Å²) >= 11 is 3.41. The van der Waals surface area contributed by atoms with Crippen molar-refractivity contribution in [1.29, 1.82) is 0 Å². The number of benzene rings is 1. The van der Waals surface area contributed by atoms with Crippen molar-refractivity contribution in [3.8, 4) is 5.75 Å². The first-order valence-corrected chi connectivity index (χ1v) is 6.50. The Hall–Kier alpha value is -1.03. The van der Waals surface area contributed by atoms with Crippen LogP contribution in [0.1, 0.15) is 25.8 Å². The highest BCUT2D eigenvalue weighted by molar-refractivity contribution is 9.10. The van der Waals surface area contributed by atoms with Crippen LogP contribution in [0, 0.1) is 6.92 Å². The van der Waals surface area contributed by atoms with Gasteiger partial charge in [-0.15, -0.1) is 0 Å². The zero-order chi connectivity index (χ0) is 12.8. The fraction of sp³-hybridized carbons (Fsp3) is 0.462. The number of ether oxygens (including phenoxy) is 1. The molecule has 1 rings (SSSR count). The number of halogens is 1. The van der Waals surface area contributed by atoms with Crippen LogP contribution in [0.4, 0.5) is 0 Å². The number of nitrogens with one attached hydrogen (secondary N) is 1. The quantitative estimate of drug-likeness (QED) is 0.907. The lowest BCUT2D eigenvalue weighted by Crippen LogP contribution is -2.35. The number of aryl methyl sites for hydroxylation is 1. The summed E-state index contributed by atoms with van der Waals surface area (Å²) in [5.41, 5.74) is 1.15. The smallest absolute Gasteiger partial charge is 0.258 e. The van der Waals surface area contributed by atoms with Gasteiger partial charge in [0.1, 0.15) is 5.75 Å². The zero-order valence-corrected chi connectivity index (χ0v) is 12.0. The monoisotopic (exact) mass is 299 g/mol. The number of carbonyl (C=O) groups excluding carboxylic acids is 1. The lowest BCUT2D eigenvalue weighted by molar-refractivity contribution is -0.123. The third-order valence-electron chi connectivity index (χ3n) is 2.47. The molecule has 0 aliphatic heterocycles. The average molecular weight is 300 g/mol. The molecule has 1 aromatic carbocycles. The molecule has 1 amide bonds. The molecule has 0 spiro atoms. The van der Waals surface area contributed by atoms with E-state index < -0.39 is 0 Å². The Labute approximate surface area is 111 Å². The van der Waals surface area contributed by atoms with E-state index in [1.165, 1.54) is 0 Å². The van der Waals surface area contributed by atoms with Gasteiger partial charge in [0.25, 0.3) is 5.91 Å². The highest BCUT2D eigenvalue weighted by Gasteiger charge is 2.07. The molecule has 1 N–H and O–H groups in total. The third kappa shape index (κ3) is 4.77. The molecule has 0 saturated heterocycles. The van der Waals surface area contributed by atoms with E-state index >= 15 is 0 Å². The minimum atomic E-state index is -0.0909. The number of hydrogen-bond donors (Lipinski definition) is 1. The van der Waals surface area contributed by atoms with Gasteiger partial charge in [0.05, 0.1) is 4.47 Å². The van der Waals surface area contributed by atoms with E-state index in [1.807, 2.05) is 39.0 Å². The fourth-order valence-electron chi connectivity index (χ4n) is 1.28. The van der Waals surface area contributed by atoms with Crippen LogP contribution in [0.25, 0.3) is 0 Å². The van der Waals surface area contributed by atoms with Crippen molar-refractivity contribution in [1.82, 2.24) is 5.32 Å². The minimum Gasteiger partial charge on any atom is -0.483 e. The van der Waals surface area contributed by atoms with E-state index in [0.29, 0.717) is 5.75 Å². The van der Waals surface area contributed by atoms with Gasteiger partial charge in [0.2, 0.25) is 0 Å². The second-order valence-electron chi connectivity index (χ2n) is 4.10. The lowest BCUT2D eigenvalue weighted by atomic mass is 10.2. The van der Waals surface area contributed by atoms with Gasteiger partial charge in [0, 0.05) is 6.04 Å². The van der Waals surface area contributed by atoms with Crippen molar-refractivity contribution >= 4 is 21.8 Å². The molecule has 0 heterocycles. The molecule has 17 heavy (non-hydrogen) atoms. The number of rotatable bonds is 5. The van der Waals surface area contributed by atoms with E-state index in [4.69, 9.17) is 4.74 Å². The Kier molecular flexibility index (Phi) is 5.48. The Morgan fingerprint density at radius 1 is 1.53 bits per heavy atom. The van der Waals surface area contributed by atoms with Crippen molar-refractivity contribution in [3.63, 3.8) is 0 Å². The normalized spacial score (nSPS) is 12.0. The summed E-state index contributed by atoms with van der Waals surface area (Å²) in [6, 6.07) is 5.96. The predicted molar refractivity (Wildman–Crippen MR) is 72.3 cm³/mol. The Bertz CT molecular complexity index is 393. The molecule has 0 saturated carbocycles. The van der Waals surface area contributed by atoms with Crippen molar-refractivity contribution in [2.45, 2.75) is 33.2 Å². The maximum Gasteiger partial charge on any atom is 0.258 e. The highest BCUT2D eigenvalue weighted by Crippen LogP contribution is 2.25. The standard InChI is InChI=1S/C13H18BrNO2/c1-4-10(3)15-13(16)8-17-12-6-5-9(2)7-11(12)14/h5-7,10H,4,8H2,1-3H3,(H,15,16)/t10-/m1/s1. The Balaban J connectivity index is 2.47. The Morgan fingerprint density at radius 2 is 2.24 bits per heavy atom. The summed E-state index contributed by atoms with van der Waals surface area (Å²) in [6.45, 7) is 6.05. The zero-order valence-electron chi connectivity index (χ0n) is 10.4. The first-order valence-electron chi connectivity index (χ1n) is 5.71. The summed E-state index contributed by atoms with van der Waals surface area (Å²) < 4.78 is 6.31. The second-order valence-corrected chi connectivity index (χ2v) is 4.95. The average Bonchev–Trinajstić information content (AvgIpc) is 2.27. The van der Waals surface area contributed by atoms with Crippen LogP contribution in [-0.4, -0.2) is 18.6 Å². The number of amides is 1. The largest absolute Gasteiger partial charge is 0.483 e. The van der Waals surface area contributed by atoms with Gasteiger partial charge in [-0.3, -0.25) is 4.79 Å². The van der Waals surface area contributed by atoms with E-state index in [1.54, 1.807) is 0 Å². The molecule has 0 aromatic heterocycles. The molecule has 1 aromatic rings. The van der Waals surface area contributed by atoms with Gasteiger partial charge in [-0.25, -0.2) is 0 Å². The summed E-state index contributed by atoms with van der Waals surface area (Å²) in [6.07, 6.45) is 0.917. The molecule has 0 aliphatic rings. The van der Waals surface area contributed by atoms with Gasteiger partial charge in [0.15, 0.2) is 6.61 Å². The van der Waals surface area contributed by atoms with Crippen LogP contribution in [0.2, 0.25) is 0 Å². The Morgan fingerprint density at radius 3 is 2.82 bits per heavy atom. The highest BCUT2D eigenvalue weighted by atomic mass is 79.9. The lowest BCUT2D eigenvalue weighted by Gasteiger charge is -2.12. The molecule has 0 unspecified atom stereocenters. The van der Waals surface area contributed by atoms with Gasteiger partial charge >= 0.3 is 0 Å². The molecule has 4 heteroatoms. The van der Waals surface area contributed by atoms with Crippen LogP contribution in [0.3, 0.4) is 0 Å². The van der Waals surface area contributed by atoms with E-state index in [0.717, 1.165) is 16.5 Å². The van der Waals surface area contributed by atoms with E-state index in [9.17, 15) is 4.79 Å². The number of hydrogen-bond acceptors (Lipinski definition) is 2. The molecule has 3 nitrogen and oxygen atoms in total. The molecular weight excluding hydrogens is 282 g/mol. The van der Waals surface area contributed by atoms with Crippen LogP contribution < -0.4 is 10.1 Å². The van der Waals surface area contributed by atoms with Crippen molar-refractivity contribution in [3.05, 3.63) is 28.2 Å². The van der Waals surface area contributed by atoms with E-state index in [-0.39, 0.29) is 18.6 Å². The van der Waals surface area contributed by atoms with Crippen molar-refractivity contribution in [2.24, 2.45) is 0 Å². The van der Waals surface area contributed by atoms with Crippen molar-refractivity contribution in [2.75, 3.05) is 6.61 Å². The third-order valence-corrected chi connectivity index (χ3v) is 3.09. The van der Waals surface area contributed by atoms with Gasteiger partial charge < -0.3 is 10.1 Å². The van der Waals surface area contributed by atoms with Crippen LogP contribution in [-0.2, 0) is 4.79 Å². The molecule has 0 fully saturated rings. The molecule has 0 bridgehead atoms. The molecule has 0 aliphatic carbocycles. The van der Waals surface area contributed by atoms with E-state index in [2.05, 4.69) is 21.2 Å². The first kappa shape index (κ1) is 14.0. The molecule has 94 valence electrons. The van der Waals surface area contributed by atoms with Crippen LogP contribution >= 0.6 is 15.9 Å². The van der Waals surface area contributed by atoms with Gasteiger partial charge in [-0.1, -0.05) is 13.0 Å². The number of carbonyl (C=O) groups is 1. The fourth-order valence-corrected chi connectivity index (χ4v) is 1.89. The van der Waals surface area contributed by atoms with Crippen molar-refractivity contribution < 1.29 is 9.53 Å². The topological polar surface area (TPSA) is 38.3 Å².